The molecule has 0 aliphatic carbocycles. The van der Waals surface area contributed by atoms with Crippen LogP contribution in [0, 0.1) is 0 Å². The number of nitrogens with one attached hydrogen (secondary N) is 4. The third-order valence-electron chi connectivity index (χ3n) is 7.06. The molecule has 3 amide bonds. The molecule has 2 fully saturated rings. The number of aromatic amines is 1. The van der Waals surface area contributed by atoms with Crippen molar-refractivity contribution in [2.75, 3.05) is 31.9 Å². The Kier molecular flexibility index (Phi) is 6.92. The van der Waals surface area contributed by atoms with Gasteiger partial charge in [-0.05, 0) is 30.9 Å². The van der Waals surface area contributed by atoms with Crippen molar-refractivity contribution in [2.24, 2.45) is 0 Å². The van der Waals surface area contributed by atoms with Gasteiger partial charge in [0.05, 0.1) is 12.1 Å². The molecule has 1 aromatic heterocycles. The van der Waals surface area contributed by atoms with Gasteiger partial charge in [0.25, 0.3) is 0 Å². The second kappa shape index (κ2) is 10.2. The molecule has 176 valence electrons. The highest BCUT2D eigenvalue weighted by atomic mass is 32.2. The van der Waals surface area contributed by atoms with E-state index in [0.717, 1.165) is 51.1 Å². The summed E-state index contributed by atoms with van der Waals surface area (Å²) < 4.78 is 0. The Bertz CT molecular complexity index is 1030. The zero-order valence-corrected chi connectivity index (χ0v) is 19.8. The molecule has 4 heterocycles. The number of carbonyl (C=O) groups excluding carboxylic acids is 2. The molecule has 33 heavy (non-hydrogen) atoms. The molecule has 0 saturated carbocycles. The van der Waals surface area contributed by atoms with Crippen LogP contribution in [0.2, 0.25) is 0 Å². The highest BCUT2D eigenvalue weighted by molar-refractivity contribution is 8.00. The number of rotatable bonds is 9. The van der Waals surface area contributed by atoms with Gasteiger partial charge in [-0.2, -0.15) is 11.8 Å². The topological polar surface area (TPSA) is 89.3 Å². The van der Waals surface area contributed by atoms with Gasteiger partial charge >= 0.3 is 6.03 Å². The maximum atomic E-state index is 12.2. The van der Waals surface area contributed by atoms with Gasteiger partial charge in [-0.25, -0.2) is 4.79 Å². The Morgan fingerprint density at radius 1 is 1.21 bits per heavy atom. The third kappa shape index (κ3) is 5.22. The first-order chi connectivity index (χ1) is 16.2. The lowest BCUT2D eigenvalue weighted by atomic mass is 9.99. The van der Waals surface area contributed by atoms with Crippen LogP contribution in [0.3, 0.4) is 0 Å². The van der Waals surface area contributed by atoms with E-state index in [-0.39, 0.29) is 24.0 Å². The highest BCUT2D eigenvalue weighted by Gasteiger charge is 2.42. The van der Waals surface area contributed by atoms with Gasteiger partial charge < -0.3 is 20.9 Å². The molecule has 0 bridgehead atoms. The van der Waals surface area contributed by atoms with E-state index in [4.69, 9.17) is 0 Å². The van der Waals surface area contributed by atoms with Crippen molar-refractivity contribution in [2.45, 2.75) is 49.4 Å². The van der Waals surface area contributed by atoms with Crippen molar-refractivity contribution < 1.29 is 9.59 Å². The first-order valence-corrected chi connectivity index (χ1v) is 13.2. The van der Waals surface area contributed by atoms with Crippen molar-refractivity contribution in [1.29, 1.82) is 0 Å². The predicted molar refractivity (Wildman–Crippen MR) is 134 cm³/mol. The maximum Gasteiger partial charge on any atom is 0.315 e. The number of nitrogens with zero attached hydrogens (tertiary/aromatic N) is 1. The third-order valence-corrected chi connectivity index (χ3v) is 8.57. The molecule has 3 unspecified atom stereocenters. The van der Waals surface area contributed by atoms with E-state index in [2.05, 4.69) is 62.4 Å². The summed E-state index contributed by atoms with van der Waals surface area (Å²) in [5.74, 6) is 1.14. The summed E-state index contributed by atoms with van der Waals surface area (Å²) in [5, 5.41) is 10.9. The van der Waals surface area contributed by atoms with Crippen LogP contribution in [-0.4, -0.2) is 71.1 Å². The predicted octanol–water partition coefficient (Wildman–Crippen LogP) is 3.10. The lowest BCUT2D eigenvalue weighted by Gasteiger charge is -2.26. The van der Waals surface area contributed by atoms with Crippen molar-refractivity contribution in [3.8, 4) is 0 Å². The first-order valence-electron chi connectivity index (χ1n) is 12.1. The van der Waals surface area contributed by atoms with Gasteiger partial charge in [-0.3, -0.25) is 9.69 Å². The van der Waals surface area contributed by atoms with Crippen molar-refractivity contribution in [3.05, 3.63) is 42.1 Å². The van der Waals surface area contributed by atoms with Crippen LogP contribution in [0.1, 0.15) is 37.7 Å². The van der Waals surface area contributed by atoms with Crippen LogP contribution in [-0.2, 0) is 4.79 Å². The Morgan fingerprint density at radius 3 is 3.00 bits per heavy atom. The zero-order valence-electron chi connectivity index (χ0n) is 18.9. The Hall–Kier alpha value is -2.45. The molecule has 4 N–H and O–H groups in total. The smallest absolute Gasteiger partial charge is 0.315 e. The van der Waals surface area contributed by atoms with Crippen molar-refractivity contribution in [3.63, 3.8) is 0 Å². The molecule has 8 heteroatoms. The summed E-state index contributed by atoms with van der Waals surface area (Å²) in [6.07, 6.45) is 9.05. The number of H-pyrrole nitrogens is 1. The molecule has 0 radical (unpaired) electrons. The standard InChI is InChI=1S/C25H33N5O2S/c31-23(8-4-3-7-22-24-21(16-33-22)28-25(32)29-24)26-11-14-30-12-9-17(10-13-30)19-15-27-20-6-2-1-5-18(19)20/h1-2,5-6,9,15,21-22,24,27H,3-4,7-8,10-14,16H2,(H,26,31)(H2,28,29,32). The van der Waals surface area contributed by atoms with E-state index in [1.54, 1.807) is 0 Å². The van der Waals surface area contributed by atoms with E-state index in [9.17, 15) is 9.59 Å². The van der Waals surface area contributed by atoms with Crippen molar-refractivity contribution >= 4 is 40.2 Å². The monoisotopic (exact) mass is 467 g/mol. The summed E-state index contributed by atoms with van der Waals surface area (Å²) in [7, 11) is 0. The van der Waals surface area contributed by atoms with Crippen LogP contribution >= 0.6 is 11.8 Å². The zero-order chi connectivity index (χ0) is 22.6. The summed E-state index contributed by atoms with van der Waals surface area (Å²) >= 11 is 1.93. The molecule has 5 rings (SSSR count). The number of benzene rings is 1. The van der Waals surface area contributed by atoms with Gasteiger partial charge in [0.2, 0.25) is 5.91 Å². The lowest BCUT2D eigenvalue weighted by molar-refractivity contribution is -0.121. The molecule has 3 aliphatic rings. The number of fused-ring (bicyclic) bond motifs is 2. The summed E-state index contributed by atoms with van der Waals surface area (Å²) in [4.78, 5) is 29.5. The van der Waals surface area contributed by atoms with E-state index < -0.39 is 0 Å². The normalized spacial score (nSPS) is 24.9. The second-order valence-electron chi connectivity index (χ2n) is 9.25. The number of thioether (sulfide) groups is 1. The van der Waals surface area contributed by atoms with Gasteiger partial charge in [0.1, 0.15) is 0 Å². The van der Waals surface area contributed by atoms with Crippen LogP contribution in [0.5, 0.6) is 0 Å². The van der Waals surface area contributed by atoms with E-state index in [1.807, 2.05) is 11.8 Å². The lowest BCUT2D eigenvalue weighted by Crippen LogP contribution is -2.37. The number of amides is 3. The van der Waals surface area contributed by atoms with E-state index >= 15 is 0 Å². The average molecular weight is 468 g/mol. The maximum absolute atomic E-state index is 12.2. The van der Waals surface area contributed by atoms with Gasteiger partial charge in [-0.15, -0.1) is 0 Å². The van der Waals surface area contributed by atoms with E-state index in [1.165, 1.54) is 22.0 Å². The fraction of sp³-hybridized carbons (Fsp3) is 0.520. The number of aromatic nitrogens is 1. The number of urea groups is 1. The number of hydrogen-bond donors (Lipinski definition) is 4. The molecular formula is C25H33N5O2S. The second-order valence-corrected chi connectivity index (χ2v) is 10.5. The SMILES string of the molecule is O=C(CCCCC1SCC2NC(=O)NC21)NCCN1CC=C(c2c[nH]c3ccccc23)CC1. The Balaban J connectivity index is 0.970. The molecule has 3 aliphatic heterocycles. The average Bonchev–Trinajstić information content (AvgIpc) is 3.52. The molecule has 1 aromatic carbocycles. The van der Waals surface area contributed by atoms with Crippen molar-refractivity contribution in [1.82, 2.24) is 25.8 Å². The summed E-state index contributed by atoms with van der Waals surface area (Å²) in [5.41, 5.74) is 3.91. The minimum absolute atomic E-state index is 0.0342. The van der Waals surface area contributed by atoms with E-state index in [0.29, 0.717) is 18.2 Å². The minimum atomic E-state index is -0.0342. The van der Waals surface area contributed by atoms with Gasteiger partial charge in [0, 0.05) is 66.3 Å². The van der Waals surface area contributed by atoms with Crippen LogP contribution < -0.4 is 16.0 Å². The fourth-order valence-electron chi connectivity index (χ4n) is 5.21. The van der Waals surface area contributed by atoms with Gasteiger partial charge in [-0.1, -0.05) is 30.7 Å². The number of carbonyl (C=O) groups is 2. The van der Waals surface area contributed by atoms with Crippen LogP contribution in [0.15, 0.2) is 36.5 Å². The minimum Gasteiger partial charge on any atom is -0.361 e. The summed E-state index contributed by atoms with van der Waals surface area (Å²) in [6, 6.07) is 8.95. The highest BCUT2D eigenvalue weighted by Crippen LogP contribution is 2.33. The number of para-hydroxylation sites is 1. The summed E-state index contributed by atoms with van der Waals surface area (Å²) in [6.45, 7) is 3.54. The molecule has 2 aromatic rings. The number of hydrogen-bond acceptors (Lipinski definition) is 4. The molecule has 3 atom stereocenters. The molecular weight excluding hydrogens is 434 g/mol. The van der Waals surface area contributed by atoms with Crippen LogP contribution in [0.25, 0.3) is 16.5 Å². The molecule has 2 saturated heterocycles. The quantitative estimate of drug-likeness (QED) is 0.337. The Morgan fingerprint density at radius 2 is 2.12 bits per heavy atom. The Labute approximate surface area is 199 Å². The first kappa shape index (κ1) is 22.3. The number of unbranched alkanes of at least 4 members (excludes halogenated alkanes) is 1. The molecule has 0 spiro atoms. The fourth-order valence-corrected chi connectivity index (χ4v) is 6.76. The van der Waals surface area contributed by atoms with Crippen LogP contribution in [0.4, 0.5) is 4.79 Å². The largest absolute Gasteiger partial charge is 0.361 e. The molecule has 7 nitrogen and oxygen atoms in total. The van der Waals surface area contributed by atoms with Gasteiger partial charge in [0.15, 0.2) is 0 Å².